The van der Waals surface area contributed by atoms with Gasteiger partial charge in [-0.15, -0.1) is 17.0 Å². The van der Waals surface area contributed by atoms with Crippen LogP contribution in [0.25, 0.3) is 0 Å². The highest BCUT2D eigenvalue weighted by Crippen LogP contribution is 2.43. The Morgan fingerprint density at radius 1 is 1.61 bits per heavy atom. The molecular weight excluding hydrogens is 324 g/mol. The smallest absolute Gasteiger partial charge is 0.333 e. The molecule has 6 nitrogen and oxygen atoms in total. The molecule has 2 aliphatic heterocycles. The van der Waals surface area contributed by atoms with Crippen molar-refractivity contribution in [3.8, 4) is 0 Å². The fourth-order valence-electron chi connectivity index (χ4n) is 1.78. The van der Waals surface area contributed by atoms with E-state index in [9.17, 15) is 9.59 Å². The van der Waals surface area contributed by atoms with Gasteiger partial charge in [0.15, 0.2) is 5.17 Å². The fourth-order valence-corrected chi connectivity index (χ4v) is 2.80. The molecule has 102 valence electrons. The molecule has 0 aromatic rings. The van der Waals surface area contributed by atoms with E-state index in [2.05, 4.69) is 4.99 Å². The number of esters is 1. The summed E-state index contributed by atoms with van der Waals surface area (Å²) in [7, 11) is 0. The molecule has 1 saturated heterocycles. The lowest BCUT2D eigenvalue weighted by Crippen LogP contribution is -2.36. The van der Waals surface area contributed by atoms with Gasteiger partial charge in [0.1, 0.15) is 6.10 Å². The molecule has 1 spiro atoms. The summed E-state index contributed by atoms with van der Waals surface area (Å²) in [6.07, 6.45) is -0.0762. The van der Waals surface area contributed by atoms with Gasteiger partial charge < -0.3 is 15.2 Å². The van der Waals surface area contributed by atoms with Gasteiger partial charge in [-0.05, 0) is 13.8 Å². The normalized spacial score (nSPS) is 30.6. The first-order valence-electron chi connectivity index (χ1n) is 5.34. The monoisotopic (exact) mass is 338 g/mol. The number of aliphatic imine (C=N–C) groups is 1. The van der Waals surface area contributed by atoms with Crippen LogP contribution in [-0.2, 0) is 19.1 Å². The summed E-state index contributed by atoms with van der Waals surface area (Å²) in [6, 6.07) is 0. The molecule has 1 amide bonds. The zero-order valence-corrected chi connectivity index (χ0v) is 12.6. The molecule has 1 fully saturated rings. The Morgan fingerprint density at radius 3 is 2.78 bits per heavy atom. The van der Waals surface area contributed by atoms with Crippen LogP contribution in [0.1, 0.15) is 20.3 Å². The first-order valence-corrected chi connectivity index (χ1v) is 6.16. The Kier molecular flexibility index (Phi) is 4.79. The van der Waals surface area contributed by atoms with Crippen LogP contribution < -0.4 is 5.73 Å². The van der Waals surface area contributed by atoms with E-state index >= 15 is 0 Å². The number of thioether (sulfide) groups is 1. The molecular formula is C10H15BrN2O4S. The number of rotatable bonds is 3. The number of carbonyl (C=O) groups is 2. The molecule has 2 N–H and O–H groups in total. The molecule has 0 bridgehead atoms. The number of amides is 1. The number of cyclic esters (lactones) is 1. The quantitative estimate of drug-likeness (QED) is 0.599. The van der Waals surface area contributed by atoms with Crippen LogP contribution in [0.5, 0.6) is 0 Å². The zero-order valence-electron chi connectivity index (χ0n) is 10.0. The Bertz CT molecular complexity index is 401. The average molecular weight is 339 g/mol. The summed E-state index contributed by atoms with van der Waals surface area (Å²) >= 11 is 0.978. The predicted molar refractivity (Wildman–Crippen MR) is 72.9 cm³/mol. The van der Waals surface area contributed by atoms with Crippen LogP contribution in [0.15, 0.2) is 4.99 Å². The van der Waals surface area contributed by atoms with Crippen LogP contribution in [0.4, 0.5) is 0 Å². The Hall–Kier alpha value is -0.600. The van der Waals surface area contributed by atoms with Crippen molar-refractivity contribution in [3.63, 3.8) is 0 Å². The molecule has 0 aromatic heterocycles. The van der Waals surface area contributed by atoms with E-state index in [-0.39, 0.29) is 34.7 Å². The summed E-state index contributed by atoms with van der Waals surface area (Å²) in [6.45, 7) is 4.07. The number of halogens is 1. The van der Waals surface area contributed by atoms with Gasteiger partial charge in [-0.1, -0.05) is 11.8 Å². The van der Waals surface area contributed by atoms with Crippen molar-refractivity contribution in [2.45, 2.75) is 37.2 Å². The third kappa shape index (κ3) is 2.70. The first kappa shape index (κ1) is 15.5. The molecule has 0 aliphatic carbocycles. The SMILES string of the molecule is Br.CC(C)OCC1CC2(SC(N)=NC2=O)C(=O)O1. The standard InChI is InChI=1S/C10H14N2O4S.BrH/c1-5(2)15-4-6-3-10(8(14)16-6)7(13)12-9(11)17-10;/h5-6H,3-4H2,1-2H3,(H2,11,12,13);1H. The van der Waals surface area contributed by atoms with Gasteiger partial charge in [0, 0.05) is 6.42 Å². The number of hydrogen-bond donors (Lipinski definition) is 1. The van der Waals surface area contributed by atoms with Crippen LogP contribution in [0.3, 0.4) is 0 Å². The molecule has 2 rings (SSSR count). The first-order chi connectivity index (χ1) is 7.94. The molecule has 0 saturated carbocycles. The molecule has 0 aromatic carbocycles. The lowest BCUT2D eigenvalue weighted by atomic mass is 10.0. The second-order valence-electron chi connectivity index (χ2n) is 4.30. The highest BCUT2D eigenvalue weighted by atomic mass is 79.9. The van der Waals surface area contributed by atoms with Crippen molar-refractivity contribution in [1.29, 1.82) is 0 Å². The van der Waals surface area contributed by atoms with Gasteiger partial charge >= 0.3 is 5.97 Å². The number of ether oxygens (including phenoxy) is 2. The topological polar surface area (TPSA) is 91.0 Å². The van der Waals surface area contributed by atoms with Gasteiger partial charge in [0.05, 0.1) is 12.7 Å². The second-order valence-corrected chi connectivity index (χ2v) is 5.62. The highest BCUT2D eigenvalue weighted by molar-refractivity contribution is 8.93. The largest absolute Gasteiger partial charge is 0.458 e. The number of nitrogens with two attached hydrogens (primary N) is 1. The van der Waals surface area contributed by atoms with Crippen LogP contribution in [-0.4, -0.2) is 40.6 Å². The molecule has 2 atom stereocenters. The molecule has 0 radical (unpaired) electrons. The van der Waals surface area contributed by atoms with E-state index < -0.39 is 22.7 Å². The van der Waals surface area contributed by atoms with Gasteiger partial charge in [-0.3, -0.25) is 4.79 Å². The van der Waals surface area contributed by atoms with E-state index in [0.29, 0.717) is 6.61 Å². The average Bonchev–Trinajstić information content (AvgIpc) is 2.67. The van der Waals surface area contributed by atoms with Crippen LogP contribution >= 0.6 is 28.7 Å². The lowest BCUT2D eigenvalue weighted by Gasteiger charge is -2.13. The Labute approximate surface area is 119 Å². The molecule has 18 heavy (non-hydrogen) atoms. The Balaban J connectivity index is 0.00000162. The van der Waals surface area contributed by atoms with E-state index in [1.165, 1.54) is 0 Å². The molecule has 8 heteroatoms. The maximum Gasteiger partial charge on any atom is 0.333 e. The minimum Gasteiger partial charge on any atom is -0.458 e. The van der Waals surface area contributed by atoms with Crippen molar-refractivity contribution < 1.29 is 19.1 Å². The van der Waals surface area contributed by atoms with Gasteiger partial charge in [0.2, 0.25) is 4.75 Å². The van der Waals surface area contributed by atoms with E-state index in [1.807, 2.05) is 13.8 Å². The van der Waals surface area contributed by atoms with Crippen LogP contribution in [0.2, 0.25) is 0 Å². The minimum atomic E-state index is -1.25. The van der Waals surface area contributed by atoms with Gasteiger partial charge in [-0.25, -0.2) is 4.79 Å². The third-order valence-corrected chi connectivity index (χ3v) is 3.73. The number of hydrogen-bond acceptors (Lipinski definition) is 6. The molecule has 2 aliphatic rings. The summed E-state index contributed by atoms with van der Waals surface area (Å²) in [5, 5.41) is 0.123. The minimum absolute atomic E-state index is 0. The molecule has 2 heterocycles. The Morgan fingerprint density at radius 2 is 2.28 bits per heavy atom. The second kappa shape index (κ2) is 5.58. The number of nitrogens with zero attached hydrogens (tertiary/aromatic N) is 1. The third-order valence-electron chi connectivity index (χ3n) is 2.57. The van der Waals surface area contributed by atoms with E-state index in [1.54, 1.807) is 0 Å². The fraction of sp³-hybridized carbons (Fsp3) is 0.700. The van der Waals surface area contributed by atoms with Crippen LogP contribution in [0, 0.1) is 0 Å². The van der Waals surface area contributed by atoms with Crippen molar-refractivity contribution in [1.82, 2.24) is 0 Å². The maximum absolute atomic E-state index is 11.8. The predicted octanol–water partition coefficient (Wildman–Crippen LogP) is 0.632. The number of amidine groups is 1. The molecule has 2 unspecified atom stereocenters. The van der Waals surface area contributed by atoms with Crippen molar-refractivity contribution in [2.24, 2.45) is 10.7 Å². The van der Waals surface area contributed by atoms with E-state index in [0.717, 1.165) is 11.8 Å². The van der Waals surface area contributed by atoms with E-state index in [4.69, 9.17) is 15.2 Å². The zero-order chi connectivity index (χ0) is 12.6. The summed E-state index contributed by atoms with van der Waals surface area (Å²) in [5.41, 5.74) is 5.46. The summed E-state index contributed by atoms with van der Waals surface area (Å²) < 4.78 is 9.25. The maximum atomic E-state index is 11.8. The van der Waals surface area contributed by atoms with Gasteiger partial charge in [0.25, 0.3) is 5.91 Å². The highest BCUT2D eigenvalue weighted by Gasteiger charge is 2.59. The van der Waals surface area contributed by atoms with Crippen molar-refractivity contribution >= 4 is 45.8 Å². The lowest BCUT2D eigenvalue weighted by molar-refractivity contribution is -0.147. The summed E-state index contributed by atoms with van der Waals surface area (Å²) in [4.78, 5) is 27.0. The number of carbonyl (C=O) groups excluding carboxylic acids is 2. The van der Waals surface area contributed by atoms with Crippen molar-refractivity contribution in [3.05, 3.63) is 0 Å². The van der Waals surface area contributed by atoms with Gasteiger partial charge in [-0.2, -0.15) is 4.99 Å². The van der Waals surface area contributed by atoms with Crippen molar-refractivity contribution in [2.75, 3.05) is 6.61 Å². The summed E-state index contributed by atoms with van der Waals surface area (Å²) in [5.74, 6) is -1.08.